The number of rotatable bonds is 4. The Morgan fingerprint density at radius 1 is 1.17 bits per heavy atom. The van der Waals surface area contributed by atoms with Gasteiger partial charge in [0.25, 0.3) is 11.6 Å². The van der Waals surface area contributed by atoms with Crippen LogP contribution in [0.1, 0.15) is 15.2 Å². The molecular weight excluding hydrogens is 414 g/mol. The van der Waals surface area contributed by atoms with Crippen molar-refractivity contribution in [3.63, 3.8) is 0 Å². The summed E-state index contributed by atoms with van der Waals surface area (Å²) in [5.41, 5.74) is 2.68. The highest BCUT2D eigenvalue weighted by molar-refractivity contribution is 7.21. The summed E-state index contributed by atoms with van der Waals surface area (Å²) < 4.78 is 0.889. The molecule has 1 aromatic heterocycles. The van der Waals surface area contributed by atoms with Crippen molar-refractivity contribution in [3.05, 3.63) is 80.2 Å². The summed E-state index contributed by atoms with van der Waals surface area (Å²) in [7, 11) is 0. The van der Waals surface area contributed by atoms with E-state index in [1.165, 1.54) is 41.8 Å². The fourth-order valence-corrected chi connectivity index (χ4v) is 4.35. The van der Waals surface area contributed by atoms with Crippen molar-refractivity contribution in [1.29, 1.82) is 0 Å². The van der Waals surface area contributed by atoms with Gasteiger partial charge in [-0.25, -0.2) is 5.43 Å². The number of amides is 1. The Bertz CT molecular complexity index is 1320. The van der Waals surface area contributed by atoms with Crippen LogP contribution in [0.25, 0.3) is 20.9 Å². The van der Waals surface area contributed by atoms with Gasteiger partial charge >= 0.3 is 0 Å². The zero-order valence-electron chi connectivity index (χ0n) is 14.6. The number of phenolic OH excluding ortho intramolecular Hbond substituents is 1. The maximum absolute atomic E-state index is 12.5. The third-order valence-electron chi connectivity index (χ3n) is 4.33. The number of hydrogen-bond donors (Lipinski definition) is 2. The zero-order valence-corrected chi connectivity index (χ0v) is 16.2. The van der Waals surface area contributed by atoms with E-state index in [0.717, 1.165) is 10.1 Å². The van der Waals surface area contributed by atoms with Gasteiger partial charge in [0.15, 0.2) is 0 Å². The lowest BCUT2D eigenvalue weighted by atomic mass is 10.0. The van der Waals surface area contributed by atoms with Crippen molar-refractivity contribution in [1.82, 2.24) is 5.43 Å². The molecule has 3 aromatic carbocycles. The van der Waals surface area contributed by atoms with Crippen molar-refractivity contribution in [2.24, 2.45) is 5.10 Å². The first-order chi connectivity index (χ1) is 14.0. The molecule has 0 aliphatic carbocycles. The predicted molar refractivity (Wildman–Crippen MR) is 114 cm³/mol. The Labute approximate surface area is 173 Å². The number of thiophene rings is 1. The van der Waals surface area contributed by atoms with Crippen molar-refractivity contribution in [2.75, 3.05) is 0 Å². The van der Waals surface area contributed by atoms with Crippen LogP contribution in [0.2, 0.25) is 5.02 Å². The van der Waals surface area contributed by atoms with Gasteiger partial charge in [-0.3, -0.25) is 14.9 Å². The van der Waals surface area contributed by atoms with Crippen molar-refractivity contribution in [2.45, 2.75) is 0 Å². The summed E-state index contributed by atoms with van der Waals surface area (Å²) in [6, 6.07) is 14.7. The van der Waals surface area contributed by atoms with Gasteiger partial charge in [-0.15, -0.1) is 11.3 Å². The van der Waals surface area contributed by atoms with Crippen LogP contribution in [0, 0.1) is 10.1 Å². The molecule has 0 aliphatic heterocycles. The summed E-state index contributed by atoms with van der Waals surface area (Å²) in [5.74, 6) is -0.535. The van der Waals surface area contributed by atoms with E-state index in [1.54, 1.807) is 6.07 Å². The number of nitro groups is 1. The number of non-ortho nitro benzene ring substituents is 1. The Morgan fingerprint density at radius 2 is 1.97 bits per heavy atom. The van der Waals surface area contributed by atoms with Gasteiger partial charge in [-0.05, 0) is 29.0 Å². The van der Waals surface area contributed by atoms with Crippen LogP contribution in [0.5, 0.6) is 5.75 Å². The van der Waals surface area contributed by atoms with Gasteiger partial charge in [0.05, 0.1) is 16.2 Å². The fraction of sp³-hybridized carbons (Fsp3) is 0. The molecule has 0 unspecified atom stereocenters. The van der Waals surface area contributed by atoms with Crippen LogP contribution in [0.15, 0.2) is 59.7 Å². The van der Waals surface area contributed by atoms with E-state index in [9.17, 15) is 20.0 Å². The minimum Gasteiger partial charge on any atom is -0.507 e. The number of phenols is 1. The second-order valence-electron chi connectivity index (χ2n) is 6.10. The molecule has 1 heterocycles. The maximum atomic E-state index is 12.5. The van der Waals surface area contributed by atoms with Gasteiger partial charge in [0.2, 0.25) is 0 Å². The van der Waals surface area contributed by atoms with Gasteiger partial charge in [0, 0.05) is 27.8 Å². The van der Waals surface area contributed by atoms with Gasteiger partial charge in [-0.1, -0.05) is 35.9 Å². The van der Waals surface area contributed by atoms with Crippen LogP contribution >= 0.6 is 22.9 Å². The molecule has 0 bridgehead atoms. The molecule has 0 saturated heterocycles. The van der Waals surface area contributed by atoms with Gasteiger partial charge < -0.3 is 5.11 Å². The SMILES string of the molecule is O=C(N/N=C/c1c(O)ccc2cc([N+](=O)[O-])ccc12)c1sc2ccccc2c1Cl. The molecular formula is C20H12ClN3O4S. The molecule has 2 N–H and O–H groups in total. The average molecular weight is 426 g/mol. The second-order valence-corrected chi connectivity index (χ2v) is 7.53. The second kappa shape index (κ2) is 7.50. The van der Waals surface area contributed by atoms with Crippen molar-refractivity contribution in [3.8, 4) is 5.75 Å². The Hall–Kier alpha value is -3.49. The van der Waals surface area contributed by atoms with E-state index in [1.807, 2.05) is 24.3 Å². The molecule has 0 aliphatic rings. The average Bonchev–Trinajstić information content (AvgIpc) is 3.06. The molecule has 0 radical (unpaired) electrons. The normalized spacial score (nSPS) is 11.3. The number of hydrazone groups is 1. The van der Waals surface area contributed by atoms with Gasteiger partial charge in [-0.2, -0.15) is 5.10 Å². The molecule has 0 atom stereocenters. The summed E-state index contributed by atoms with van der Waals surface area (Å²) in [4.78, 5) is 23.2. The molecule has 7 nitrogen and oxygen atoms in total. The van der Waals surface area contributed by atoms with Crippen molar-refractivity contribution < 1.29 is 14.8 Å². The largest absolute Gasteiger partial charge is 0.507 e. The third-order valence-corrected chi connectivity index (χ3v) is 6.01. The number of nitrogens with one attached hydrogen (secondary N) is 1. The molecule has 1 amide bonds. The summed E-state index contributed by atoms with van der Waals surface area (Å²) in [6.07, 6.45) is 1.29. The zero-order chi connectivity index (χ0) is 20.5. The van der Waals surface area contributed by atoms with E-state index in [2.05, 4.69) is 10.5 Å². The highest BCUT2D eigenvalue weighted by Crippen LogP contribution is 2.35. The number of nitro benzene ring substituents is 1. The van der Waals surface area contributed by atoms with Crippen LogP contribution in [-0.2, 0) is 0 Å². The monoisotopic (exact) mass is 425 g/mol. The molecule has 4 aromatic rings. The summed E-state index contributed by atoms with van der Waals surface area (Å²) in [5, 5.41) is 27.3. The van der Waals surface area contributed by atoms with Crippen LogP contribution in [0.3, 0.4) is 0 Å². The number of fused-ring (bicyclic) bond motifs is 2. The number of nitrogens with zero attached hydrogens (tertiary/aromatic N) is 2. The maximum Gasteiger partial charge on any atom is 0.283 e. The molecule has 0 saturated carbocycles. The molecule has 144 valence electrons. The van der Waals surface area contributed by atoms with Gasteiger partial charge in [0.1, 0.15) is 10.6 Å². The molecule has 29 heavy (non-hydrogen) atoms. The first-order valence-electron chi connectivity index (χ1n) is 8.36. The predicted octanol–water partition coefficient (Wildman–Crippen LogP) is 5.09. The van der Waals surface area contributed by atoms with E-state index >= 15 is 0 Å². The number of hydrogen-bond acceptors (Lipinski definition) is 6. The minimum atomic E-state index is -0.491. The van der Waals surface area contributed by atoms with E-state index in [-0.39, 0.29) is 11.4 Å². The topological polar surface area (TPSA) is 105 Å². The highest BCUT2D eigenvalue weighted by Gasteiger charge is 2.16. The number of carbonyl (C=O) groups is 1. The lowest BCUT2D eigenvalue weighted by Gasteiger charge is -2.05. The standard InChI is InChI=1S/C20H12ClN3O4S/c21-18-14-3-1-2-4-17(14)29-19(18)20(26)23-22-10-15-13-7-6-12(24(27)28)9-11(13)5-8-16(15)25/h1-10,25H,(H,23,26)/b22-10+. The Morgan fingerprint density at radius 3 is 2.72 bits per heavy atom. The lowest BCUT2D eigenvalue weighted by Crippen LogP contribution is -2.16. The molecule has 9 heteroatoms. The number of benzene rings is 3. The van der Waals surface area contributed by atoms with Crippen molar-refractivity contribution >= 4 is 61.6 Å². The van der Waals surface area contributed by atoms with Crippen LogP contribution in [-0.4, -0.2) is 22.2 Å². The summed E-state index contributed by atoms with van der Waals surface area (Å²) >= 11 is 7.55. The van der Waals surface area contributed by atoms with E-state index in [4.69, 9.17) is 11.6 Å². The number of halogens is 1. The van der Waals surface area contributed by atoms with Crippen LogP contribution in [0.4, 0.5) is 5.69 Å². The minimum absolute atomic E-state index is 0.0567. The van der Waals surface area contributed by atoms with Crippen LogP contribution < -0.4 is 5.43 Å². The Balaban J connectivity index is 1.62. The van der Waals surface area contributed by atoms with E-state index < -0.39 is 10.8 Å². The quantitative estimate of drug-likeness (QED) is 0.270. The smallest absolute Gasteiger partial charge is 0.283 e. The third kappa shape index (κ3) is 3.51. The highest BCUT2D eigenvalue weighted by atomic mass is 35.5. The number of aromatic hydroxyl groups is 1. The summed E-state index contributed by atoms with van der Waals surface area (Å²) in [6.45, 7) is 0. The molecule has 0 fully saturated rings. The lowest BCUT2D eigenvalue weighted by molar-refractivity contribution is -0.384. The fourth-order valence-electron chi connectivity index (χ4n) is 2.95. The van der Waals surface area contributed by atoms with E-state index in [0.29, 0.717) is 26.2 Å². The molecule has 4 rings (SSSR count). The number of carbonyl (C=O) groups excluding carboxylic acids is 1. The first-order valence-corrected chi connectivity index (χ1v) is 9.55. The Kier molecular flexibility index (Phi) is 4.87. The molecule has 0 spiro atoms. The first kappa shape index (κ1) is 18.9.